The second-order valence-corrected chi connectivity index (χ2v) is 12.6. The quantitative estimate of drug-likeness (QED) is 0.668. The summed E-state index contributed by atoms with van der Waals surface area (Å²) < 4.78 is 34.1. The van der Waals surface area contributed by atoms with Crippen LogP contribution in [0.2, 0.25) is 0 Å². The third-order valence-electron chi connectivity index (χ3n) is 6.22. The molecule has 1 atom stereocenters. The van der Waals surface area contributed by atoms with E-state index in [0.717, 1.165) is 16.8 Å². The van der Waals surface area contributed by atoms with Crippen molar-refractivity contribution in [1.82, 2.24) is 9.29 Å². The van der Waals surface area contributed by atoms with Gasteiger partial charge in [-0.2, -0.15) is 9.57 Å². The molecule has 2 aliphatic rings. The van der Waals surface area contributed by atoms with Gasteiger partial charge in [-0.15, -0.1) is 11.3 Å². The fourth-order valence-electron chi connectivity index (χ4n) is 4.62. The Kier molecular flexibility index (Phi) is 6.09. The number of sulfonamides is 1. The van der Waals surface area contributed by atoms with Crippen LogP contribution in [-0.4, -0.2) is 49.0 Å². The molecule has 0 aromatic carbocycles. The molecule has 0 saturated carbocycles. The number of pyridine rings is 1. The van der Waals surface area contributed by atoms with E-state index in [-0.39, 0.29) is 17.6 Å². The van der Waals surface area contributed by atoms with Gasteiger partial charge in [0, 0.05) is 37.7 Å². The summed E-state index contributed by atoms with van der Waals surface area (Å²) in [6.45, 7) is 12.0. The number of hydrogen-bond donors (Lipinski definition) is 0. The van der Waals surface area contributed by atoms with Crippen LogP contribution in [0.5, 0.6) is 0 Å². The summed E-state index contributed by atoms with van der Waals surface area (Å²) in [5, 5.41) is 11.9. The summed E-state index contributed by atoms with van der Waals surface area (Å²) in [6, 6.07) is 5.59. The number of fused-ring (bicyclic) bond motifs is 1. The van der Waals surface area contributed by atoms with E-state index in [1.807, 2.05) is 20.8 Å². The highest BCUT2D eigenvalue weighted by atomic mass is 32.2. The zero-order valence-electron chi connectivity index (χ0n) is 19.3. The molecule has 4 heterocycles. The Hall–Kier alpha value is -1.99. The number of nitriles is 1. The first kappa shape index (κ1) is 23.2. The van der Waals surface area contributed by atoms with Crippen LogP contribution in [-0.2, 0) is 27.8 Å². The molecule has 0 N–H and O–H groups in total. The van der Waals surface area contributed by atoms with Gasteiger partial charge in [0.2, 0.25) is 0 Å². The average Bonchev–Trinajstić information content (AvgIpc) is 3.27. The van der Waals surface area contributed by atoms with Crippen LogP contribution in [0.1, 0.15) is 62.9 Å². The molecule has 0 unspecified atom stereocenters. The maximum atomic E-state index is 13.1. The van der Waals surface area contributed by atoms with Crippen molar-refractivity contribution in [2.75, 3.05) is 24.5 Å². The summed E-state index contributed by atoms with van der Waals surface area (Å²) in [6.07, 6.45) is 0.655. The molecule has 32 heavy (non-hydrogen) atoms. The van der Waals surface area contributed by atoms with Crippen LogP contribution in [0.4, 0.5) is 5.82 Å². The predicted molar refractivity (Wildman–Crippen MR) is 125 cm³/mol. The topological polar surface area (TPSA) is 86.5 Å². The van der Waals surface area contributed by atoms with Crippen molar-refractivity contribution in [3.63, 3.8) is 0 Å². The predicted octanol–water partition coefficient (Wildman–Crippen LogP) is 3.89. The number of nitrogens with zero attached hydrogens (tertiary/aromatic N) is 4. The summed E-state index contributed by atoms with van der Waals surface area (Å²) in [7, 11) is -3.52. The zero-order chi connectivity index (χ0) is 23.3. The molecule has 0 spiro atoms. The first-order valence-electron chi connectivity index (χ1n) is 10.9. The third-order valence-corrected chi connectivity index (χ3v) is 9.60. The van der Waals surface area contributed by atoms with E-state index in [1.165, 1.54) is 11.3 Å². The molecule has 0 aliphatic carbocycles. The van der Waals surface area contributed by atoms with Crippen LogP contribution >= 0.6 is 11.3 Å². The van der Waals surface area contributed by atoms with E-state index in [0.29, 0.717) is 48.3 Å². The van der Waals surface area contributed by atoms with Gasteiger partial charge in [-0.05, 0) is 43.7 Å². The van der Waals surface area contributed by atoms with E-state index in [2.05, 4.69) is 24.8 Å². The average molecular weight is 475 g/mol. The molecule has 0 bridgehead atoms. The largest absolute Gasteiger partial charge is 0.370 e. The van der Waals surface area contributed by atoms with Gasteiger partial charge >= 0.3 is 0 Å². The Morgan fingerprint density at radius 2 is 2.06 bits per heavy atom. The number of rotatable bonds is 4. The van der Waals surface area contributed by atoms with Crippen LogP contribution < -0.4 is 4.90 Å². The Morgan fingerprint density at radius 3 is 2.66 bits per heavy atom. The monoisotopic (exact) mass is 474 g/mol. The molecule has 4 rings (SSSR count). The molecule has 2 aliphatic heterocycles. The van der Waals surface area contributed by atoms with Gasteiger partial charge in [0.05, 0.1) is 23.5 Å². The SMILES string of the molecule is CC(C)c1nc(N2CCN(S(=O)(=O)c3cccs3)[C@H](C)C2)c(C#N)c2c1COC(C)(C)C2. The van der Waals surface area contributed by atoms with Gasteiger partial charge < -0.3 is 9.64 Å². The Morgan fingerprint density at radius 1 is 1.31 bits per heavy atom. The van der Waals surface area contributed by atoms with Crippen molar-refractivity contribution >= 4 is 27.2 Å². The van der Waals surface area contributed by atoms with Crippen molar-refractivity contribution in [1.29, 1.82) is 5.26 Å². The van der Waals surface area contributed by atoms with Gasteiger partial charge in [-0.1, -0.05) is 19.9 Å². The maximum absolute atomic E-state index is 13.1. The Bertz CT molecular complexity index is 1150. The second kappa shape index (κ2) is 8.41. The molecule has 2 aromatic heterocycles. The van der Waals surface area contributed by atoms with Crippen molar-refractivity contribution in [3.05, 3.63) is 39.9 Å². The minimum absolute atomic E-state index is 0.193. The highest BCUT2D eigenvalue weighted by molar-refractivity contribution is 7.91. The van der Waals surface area contributed by atoms with Crippen molar-refractivity contribution in [3.8, 4) is 6.07 Å². The number of anilines is 1. The van der Waals surface area contributed by atoms with E-state index in [1.54, 1.807) is 21.8 Å². The van der Waals surface area contributed by atoms with E-state index in [4.69, 9.17) is 9.72 Å². The lowest BCUT2D eigenvalue weighted by Crippen LogP contribution is -2.54. The van der Waals surface area contributed by atoms with Crippen molar-refractivity contribution < 1.29 is 13.2 Å². The number of piperazine rings is 1. The van der Waals surface area contributed by atoms with Gasteiger partial charge in [0.25, 0.3) is 10.0 Å². The van der Waals surface area contributed by atoms with Crippen molar-refractivity contribution in [2.45, 2.75) is 69.4 Å². The summed E-state index contributed by atoms with van der Waals surface area (Å²) in [4.78, 5) is 7.04. The minimum Gasteiger partial charge on any atom is -0.370 e. The maximum Gasteiger partial charge on any atom is 0.252 e. The molecule has 1 fully saturated rings. The molecule has 2 aromatic rings. The molecule has 172 valence electrons. The first-order valence-corrected chi connectivity index (χ1v) is 13.3. The van der Waals surface area contributed by atoms with Crippen LogP contribution in [0.15, 0.2) is 21.7 Å². The molecule has 9 heteroatoms. The van der Waals surface area contributed by atoms with Gasteiger partial charge in [-0.3, -0.25) is 0 Å². The fraction of sp³-hybridized carbons (Fsp3) is 0.565. The van der Waals surface area contributed by atoms with E-state index < -0.39 is 10.0 Å². The van der Waals surface area contributed by atoms with Gasteiger partial charge in [-0.25, -0.2) is 13.4 Å². The molecule has 0 radical (unpaired) electrons. The second-order valence-electron chi connectivity index (χ2n) is 9.49. The minimum atomic E-state index is -3.52. The first-order chi connectivity index (χ1) is 15.0. The summed E-state index contributed by atoms with van der Waals surface area (Å²) in [5.41, 5.74) is 3.28. The highest BCUT2D eigenvalue weighted by Crippen LogP contribution is 2.38. The Labute approximate surface area is 194 Å². The lowest BCUT2D eigenvalue weighted by Gasteiger charge is -2.41. The molecular weight excluding hydrogens is 444 g/mol. The van der Waals surface area contributed by atoms with Gasteiger partial charge in [0.15, 0.2) is 0 Å². The van der Waals surface area contributed by atoms with Crippen LogP contribution in [0.3, 0.4) is 0 Å². The summed E-state index contributed by atoms with van der Waals surface area (Å²) >= 11 is 1.24. The molecular formula is C23H30N4O3S2. The van der Waals surface area contributed by atoms with E-state index >= 15 is 0 Å². The number of aromatic nitrogens is 1. The smallest absolute Gasteiger partial charge is 0.252 e. The van der Waals surface area contributed by atoms with Crippen molar-refractivity contribution in [2.24, 2.45) is 0 Å². The van der Waals surface area contributed by atoms with E-state index in [9.17, 15) is 13.7 Å². The highest BCUT2D eigenvalue weighted by Gasteiger charge is 2.37. The third kappa shape index (κ3) is 4.05. The molecule has 0 amide bonds. The number of thiophene rings is 1. The summed E-state index contributed by atoms with van der Waals surface area (Å²) in [5.74, 6) is 0.866. The number of ether oxygens (including phenoxy) is 1. The normalized spacial score (nSPS) is 21.4. The molecule has 7 nitrogen and oxygen atoms in total. The molecule has 1 saturated heterocycles. The standard InChI is InChI=1S/C23H30N4O3S2/c1-15(2)21-19-14-30-23(4,5)11-17(19)18(12-24)22(25-21)26-8-9-27(16(3)13-26)32(28,29)20-7-6-10-31-20/h6-7,10,15-16H,8-9,11,13-14H2,1-5H3/t16-/m1/s1. The van der Waals surface area contributed by atoms with Gasteiger partial charge in [0.1, 0.15) is 16.1 Å². The number of hydrogen-bond acceptors (Lipinski definition) is 7. The fourth-order valence-corrected chi connectivity index (χ4v) is 7.35. The lowest BCUT2D eigenvalue weighted by atomic mass is 9.86. The van der Waals surface area contributed by atoms with Crippen LogP contribution in [0.25, 0.3) is 0 Å². The van der Waals surface area contributed by atoms with Crippen LogP contribution in [0, 0.1) is 11.3 Å². The Balaban J connectivity index is 1.71. The zero-order valence-corrected chi connectivity index (χ0v) is 20.9. The lowest BCUT2D eigenvalue weighted by molar-refractivity contribution is -0.0408.